The van der Waals surface area contributed by atoms with E-state index in [0.717, 1.165) is 0 Å². The summed E-state index contributed by atoms with van der Waals surface area (Å²) in [5.41, 5.74) is 0. The first-order valence-corrected chi connectivity index (χ1v) is 4.30. The van der Waals surface area contributed by atoms with Gasteiger partial charge in [-0.1, -0.05) is 0 Å². The van der Waals surface area contributed by atoms with E-state index in [4.69, 9.17) is 11.6 Å². The monoisotopic (exact) mass is 197 g/mol. The van der Waals surface area contributed by atoms with Gasteiger partial charge >= 0.3 is 0 Å². The van der Waals surface area contributed by atoms with E-state index >= 15 is 0 Å². The molecule has 1 aliphatic rings. The molecule has 1 aliphatic heterocycles. The second-order valence-corrected chi connectivity index (χ2v) is 3.12. The molecule has 0 aromatic heterocycles. The maximum atomic E-state index is 12.1. The second kappa shape index (κ2) is 4.03. The zero-order chi connectivity index (χ0) is 9.14. The molecule has 2 nitrogen and oxygen atoms in total. The Morgan fingerprint density at radius 3 is 2.75 bits per heavy atom. The molecule has 1 atom stereocenters. The van der Waals surface area contributed by atoms with E-state index in [1.807, 2.05) is 0 Å². The number of hydrogen-bond donors (Lipinski definition) is 0. The Kier molecular flexibility index (Phi) is 3.26. The summed E-state index contributed by atoms with van der Waals surface area (Å²) in [6.07, 6.45) is -1.93. The lowest BCUT2D eigenvalue weighted by Crippen LogP contribution is -2.30. The predicted molar refractivity (Wildman–Crippen MR) is 41.4 cm³/mol. The maximum absolute atomic E-state index is 12.1. The molecule has 0 bridgehead atoms. The van der Waals surface area contributed by atoms with E-state index in [1.54, 1.807) is 0 Å². The molecule has 0 N–H and O–H groups in total. The highest BCUT2D eigenvalue weighted by Crippen LogP contribution is 2.22. The lowest BCUT2D eigenvalue weighted by Gasteiger charge is -2.14. The zero-order valence-corrected chi connectivity index (χ0v) is 7.23. The van der Waals surface area contributed by atoms with E-state index in [9.17, 15) is 13.6 Å². The highest BCUT2D eigenvalue weighted by molar-refractivity contribution is 6.27. The van der Waals surface area contributed by atoms with Crippen molar-refractivity contribution in [2.24, 2.45) is 5.92 Å². The van der Waals surface area contributed by atoms with Crippen LogP contribution in [-0.2, 0) is 4.79 Å². The molecular formula is C7H10ClF2NO. The van der Waals surface area contributed by atoms with Crippen molar-refractivity contribution in [3.63, 3.8) is 0 Å². The van der Waals surface area contributed by atoms with Crippen molar-refractivity contribution in [3.05, 3.63) is 0 Å². The van der Waals surface area contributed by atoms with Gasteiger partial charge in [-0.3, -0.25) is 4.79 Å². The lowest BCUT2D eigenvalue weighted by atomic mass is 10.1. The smallest absolute Gasteiger partial charge is 0.243 e. The molecule has 5 heteroatoms. The van der Waals surface area contributed by atoms with Crippen LogP contribution in [0.5, 0.6) is 0 Å². The Labute approximate surface area is 74.5 Å². The van der Waals surface area contributed by atoms with Crippen molar-refractivity contribution >= 4 is 17.5 Å². The van der Waals surface area contributed by atoms with Gasteiger partial charge in [-0.05, 0) is 6.42 Å². The quantitative estimate of drug-likeness (QED) is 0.612. The van der Waals surface area contributed by atoms with E-state index in [2.05, 4.69) is 0 Å². The van der Waals surface area contributed by atoms with Crippen LogP contribution < -0.4 is 0 Å². The van der Waals surface area contributed by atoms with Gasteiger partial charge in [0.25, 0.3) is 0 Å². The van der Waals surface area contributed by atoms with Crippen LogP contribution in [0.3, 0.4) is 0 Å². The summed E-state index contributed by atoms with van der Waals surface area (Å²) < 4.78 is 24.2. The van der Waals surface area contributed by atoms with E-state index in [0.29, 0.717) is 13.0 Å². The van der Waals surface area contributed by atoms with Gasteiger partial charge in [-0.15, -0.1) is 11.6 Å². The van der Waals surface area contributed by atoms with Gasteiger partial charge in [0, 0.05) is 19.0 Å². The fourth-order valence-electron chi connectivity index (χ4n) is 1.30. The second-order valence-electron chi connectivity index (χ2n) is 2.86. The van der Waals surface area contributed by atoms with Crippen molar-refractivity contribution in [2.45, 2.75) is 12.8 Å². The third-order valence-corrected chi connectivity index (χ3v) is 2.28. The molecule has 0 spiro atoms. The third kappa shape index (κ3) is 2.06. The lowest BCUT2D eigenvalue weighted by molar-refractivity contribution is -0.127. The minimum atomic E-state index is -2.32. The maximum Gasteiger partial charge on any atom is 0.243 e. The third-order valence-electron chi connectivity index (χ3n) is 2.05. The van der Waals surface area contributed by atoms with Gasteiger partial charge in [0.2, 0.25) is 12.3 Å². The van der Waals surface area contributed by atoms with Crippen LogP contribution in [0, 0.1) is 5.92 Å². The number of likely N-dealkylation sites (tertiary alicyclic amines) is 1. The summed E-state index contributed by atoms with van der Waals surface area (Å²) in [5, 5.41) is 0. The van der Waals surface area contributed by atoms with Crippen LogP contribution in [0.1, 0.15) is 6.42 Å². The topological polar surface area (TPSA) is 20.3 Å². The molecule has 0 aromatic carbocycles. The van der Waals surface area contributed by atoms with Crippen LogP contribution >= 0.6 is 11.6 Å². The fraction of sp³-hybridized carbons (Fsp3) is 0.857. The Balaban J connectivity index is 2.40. The Morgan fingerprint density at radius 1 is 1.67 bits per heavy atom. The molecule has 1 amide bonds. The minimum Gasteiger partial charge on any atom is -0.341 e. The summed E-state index contributed by atoms with van der Waals surface area (Å²) in [6.45, 7) is 0.573. The number of hydrogen-bond acceptors (Lipinski definition) is 1. The number of halogens is 3. The van der Waals surface area contributed by atoms with Crippen molar-refractivity contribution < 1.29 is 13.6 Å². The molecule has 0 saturated carbocycles. The molecule has 0 unspecified atom stereocenters. The van der Waals surface area contributed by atoms with Crippen LogP contribution in [-0.4, -0.2) is 36.2 Å². The van der Waals surface area contributed by atoms with Crippen LogP contribution in [0.4, 0.5) is 8.78 Å². The Hall–Kier alpha value is -0.380. The van der Waals surface area contributed by atoms with Gasteiger partial charge < -0.3 is 4.90 Å². The Bertz CT molecular complexity index is 177. The summed E-state index contributed by atoms with van der Waals surface area (Å²) in [6, 6.07) is 0. The first-order valence-electron chi connectivity index (χ1n) is 3.77. The molecule has 1 rings (SSSR count). The average molecular weight is 198 g/mol. The average Bonchev–Trinajstić information content (AvgIpc) is 2.51. The normalized spacial score (nSPS) is 23.7. The van der Waals surface area contributed by atoms with Crippen molar-refractivity contribution in [1.82, 2.24) is 4.90 Å². The van der Waals surface area contributed by atoms with Gasteiger partial charge in [-0.25, -0.2) is 8.78 Å². The summed E-state index contributed by atoms with van der Waals surface area (Å²) in [4.78, 5) is 12.3. The fourth-order valence-corrected chi connectivity index (χ4v) is 1.47. The first-order chi connectivity index (χ1) is 5.65. The van der Waals surface area contributed by atoms with E-state index in [-0.39, 0.29) is 18.3 Å². The molecule has 0 aromatic rings. The molecule has 0 radical (unpaired) electrons. The van der Waals surface area contributed by atoms with E-state index in [1.165, 1.54) is 4.90 Å². The number of carbonyl (C=O) groups excluding carboxylic acids is 1. The van der Waals surface area contributed by atoms with Crippen LogP contribution in [0.25, 0.3) is 0 Å². The molecular weight excluding hydrogens is 188 g/mol. The number of nitrogens with zero attached hydrogens (tertiary/aromatic N) is 1. The highest BCUT2D eigenvalue weighted by Gasteiger charge is 2.31. The van der Waals surface area contributed by atoms with Gasteiger partial charge in [0.1, 0.15) is 5.88 Å². The zero-order valence-electron chi connectivity index (χ0n) is 6.47. The van der Waals surface area contributed by atoms with Gasteiger partial charge in [-0.2, -0.15) is 0 Å². The van der Waals surface area contributed by atoms with Gasteiger partial charge in [0.05, 0.1) is 0 Å². The van der Waals surface area contributed by atoms with Crippen molar-refractivity contribution in [2.75, 3.05) is 19.0 Å². The standard InChI is InChI=1S/C7H10ClF2NO/c8-3-6(12)11-2-1-5(4-11)7(9)10/h5,7H,1-4H2/t5-/m1/s1. The number of alkyl halides is 3. The molecule has 1 heterocycles. The molecule has 70 valence electrons. The number of rotatable bonds is 2. The van der Waals surface area contributed by atoms with Crippen molar-refractivity contribution in [1.29, 1.82) is 0 Å². The van der Waals surface area contributed by atoms with Gasteiger partial charge in [0.15, 0.2) is 0 Å². The summed E-state index contributed by atoms with van der Waals surface area (Å²) in [5.74, 6) is -1.02. The molecule has 1 fully saturated rings. The molecule has 0 aliphatic carbocycles. The number of carbonyl (C=O) groups is 1. The number of amides is 1. The van der Waals surface area contributed by atoms with Crippen LogP contribution in [0.2, 0.25) is 0 Å². The summed E-state index contributed by atoms with van der Waals surface area (Å²) in [7, 11) is 0. The highest BCUT2D eigenvalue weighted by atomic mass is 35.5. The molecule has 1 saturated heterocycles. The van der Waals surface area contributed by atoms with Crippen LogP contribution in [0.15, 0.2) is 0 Å². The van der Waals surface area contributed by atoms with E-state index < -0.39 is 12.3 Å². The van der Waals surface area contributed by atoms with Crippen molar-refractivity contribution in [3.8, 4) is 0 Å². The largest absolute Gasteiger partial charge is 0.341 e. The molecule has 12 heavy (non-hydrogen) atoms. The predicted octanol–water partition coefficient (Wildman–Crippen LogP) is 1.34. The Morgan fingerprint density at radius 2 is 2.33 bits per heavy atom. The summed E-state index contributed by atoms with van der Waals surface area (Å²) >= 11 is 5.28. The minimum absolute atomic E-state index is 0.115. The SMILES string of the molecule is O=C(CCl)N1CC[C@@H](C(F)F)C1. The first kappa shape index (κ1) is 9.71.